The largest absolute Gasteiger partial charge is 0.292 e. The first-order valence-corrected chi connectivity index (χ1v) is 4.89. The predicted octanol–water partition coefficient (Wildman–Crippen LogP) is 1.41. The number of hydrogen-bond acceptors (Lipinski definition) is 2. The van der Waals surface area contributed by atoms with Gasteiger partial charge in [-0.3, -0.25) is 4.90 Å². The Balaban J connectivity index is 2.12. The first-order chi connectivity index (χ1) is 4.93. The highest BCUT2D eigenvalue weighted by molar-refractivity contribution is 8.03. The molecule has 0 N–H and O–H groups in total. The van der Waals surface area contributed by atoms with Crippen LogP contribution in [0.2, 0.25) is 0 Å². The van der Waals surface area contributed by atoms with Crippen molar-refractivity contribution < 1.29 is 0 Å². The fraction of sp³-hybridized carbons (Fsp3) is 0.750. The summed E-state index contributed by atoms with van der Waals surface area (Å²) in [5, 5.41) is 3.00. The van der Waals surface area contributed by atoms with Crippen molar-refractivity contribution in [3.8, 4) is 11.2 Å². The zero-order valence-corrected chi connectivity index (χ0v) is 7.21. The topological polar surface area (TPSA) is 3.24 Å². The molecule has 0 spiro atoms. The molecule has 10 heavy (non-hydrogen) atoms. The van der Waals surface area contributed by atoms with Crippen LogP contribution in [-0.4, -0.2) is 30.8 Å². The number of likely N-dealkylation sites (tertiary alicyclic amines) is 1. The Labute approximate surface area is 67.2 Å². The summed E-state index contributed by atoms with van der Waals surface area (Å²) in [6.07, 6.45) is 4.73. The second-order valence-electron chi connectivity index (χ2n) is 2.47. The normalized spacial score (nSPS) is 18.5. The van der Waals surface area contributed by atoms with Crippen LogP contribution in [0.1, 0.15) is 12.8 Å². The third kappa shape index (κ3) is 2.64. The Kier molecular flexibility index (Phi) is 3.71. The SMILES string of the molecule is CSC#CCN1CCCC1. The third-order valence-electron chi connectivity index (χ3n) is 1.68. The van der Waals surface area contributed by atoms with Gasteiger partial charge in [-0.2, -0.15) is 0 Å². The van der Waals surface area contributed by atoms with E-state index in [0.717, 1.165) is 6.54 Å². The van der Waals surface area contributed by atoms with Crippen molar-refractivity contribution >= 4 is 11.8 Å². The van der Waals surface area contributed by atoms with Crippen LogP contribution in [0.4, 0.5) is 0 Å². The number of rotatable bonds is 1. The minimum absolute atomic E-state index is 0.973. The van der Waals surface area contributed by atoms with Gasteiger partial charge in [0.05, 0.1) is 6.54 Å². The lowest BCUT2D eigenvalue weighted by Crippen LogP contribution is -2.18. The van der Waals surface area contributed by atoms with Crippen molar-refractivity contribution in [1.29, 1.82) is 0 Å². The molecule has 1 fully saturated rings. The molecule has 1 heterocycles. The van der Waals surface area contributed by atoms with Gasteiger partial charge >= 0.3 is 0 Å². The lowest BCUT2D eigenvalue weighted by atomic mass is 10.4. The smallest absolute Gasteiger partial charge is 0.0610 e. The van der Waals surface area contributed by atoms with Crippen LogP contribution in [0.15, 0.2) is 0 Å². The highest BCUT2D eigenvalue weighted by Crippen LogP contribution is 2.05. The Hall–Kier alpha value is -0.130. The van der Waals surface area contributed by atoms with Gasteiger partial charge in [0, 0.05) is 0 Å². The molecule has 0 unspecified atom stereocenters. The van der Waals surface area contributed by atoms with Gasteiger partial charge in [0.25, 0.3) is 0 Å². The number of thioether (sulfide) groups is 1. The number of nitrogens with zero attached hydrogens (tertiary/aromatic N) is 1. The van der Waals surface area contributed by atoms with Gasteiger partial charge in [0.1, 0.15) is 0 Å². The van der Waals surface area contributed by atoms with E-state index >= 15 is 0 Å². The molecule has 0 atom stereocenters. The Morgan fingerprint density at radius 2 is 2.10 bits per heavy atom. The summed E-state index contributed by atoms with van der Waals surface area (Å²) >= 11 is 1.60. The Bertz CT molecular complexity index is 139. The highest BCUT2D eigenvalue weighted by atomic mass is 32.2. The molecule has 2 heteroatoms. The molecule has 1 saturated heterocycles. The molecule has 0 aromatic heterocycles. The van der Waals surface area contributed by atoms with E-state index in [0.29, 0.717) is 0 Å². The van der Waals surface area contributed by atoms with E-state index in [1.54, 1.807) is 11.8 Å². The van der Waals surface area contributed by atoms with Gasteiger partial charge in [0.15, 0.2) is 0 Å². The van der Waals surface area contributed by atoms with Gasteiger partial charge < -0.3 is 0 Å². The van der Waals surface area contributed by atoms with Crippen LogP contribution in [0.3, 0.4) is 0 Å². The maximum atomic E-state index is 3.12. The van der Waals surface area contributed by atoms with Crippen LogP contribution >= 0.6 is 11.8 Å². The maximum absolute atomic E-state index is 3.12. The zero-order valence-electron chi connectivity index (χ0n) is 6.39. The monoisotopic (exact) mass is 155 g/mol. The predicted molar refractivity (Wildman–Crippen MR) is 47.0 cm³/mol. The third-order valence-corrected chi connectivity index (χ3v) is 2.02. The summed E-state index contributed by atoms with van der Waals surface area (Å²) in [4.78, 5) is 2.41. The molecule has 0 radical (unpaired) electrons. The molecular weight excluding hydrogens is 142 g/mol. The molecule has 0 amide bonds. The van der Waals surface area contributed by atoms with Crippen LogP contribution in [-0.2, 0) is 0 Å². The van der Waals surface area contributed by atoms with E-state index in [1.807, 2.05) is 6.26 Å². The van der Waals surface area contributed by atoms with Crippen molar-refractivity contribution in [3.05, 3.63) is 0 Å². The van der Waals surface area contributed by atoms with Gasteiger partial charge in [-0.25, -0.2) is 0 Å². The molecular formula is C8H13NS. The standard InChI is InChI=1S/C8H13NS/c1-10-8-4-7-9-5-2-3-6-9/h2-3,5-7H2,1H3. The molecule has 0 aromatic rings. The van der Waals surface area contributed by atoms with E-state index < -0.39 is 0 Å². The van der Waals surface area contributed by atoms with Crippen LogP contribution < -0.4 is 0 Å². The summed E-state index contributed by atoms with van der Waals surface area (Å²) in [5.41, 5.74) is 0. The van der Waals surface area contributed by atoms with Gasteiger partial charge in [-0.05, 0) is 37.4 Å². The molecule has 0 bridgehead atoms. The van der Waals surface area contributed by atoms with E-state index in [1.165, 1.54) is 25.9 Å². The van der Waals surface area contributed by atoms with Crippen molar-refractivity contribution in [2.24, 2.45) is 0 Å². The zero-order chi connectivity index (χ0) is 7.23. The van der Waals surface area contributed by atoms with Crippen LogP contribution in [0.25, 0.3) is 0 Å². The van der Waals surface area contributed by atoms with Crippen molar-refractivity contribution in [1.82, 2.24) is 4.90 Å². The van der Waals surface area contributed by atoms with Crippen LogP contribution in [0, 0.1) is 11.2 Å². The second kappa shape index (κ2) is 4.65. The van der Waals surface area contributed by atoms with Gasteiger partial charge in [-0.15, -0.1) is 0 Å². The fourth-order valence-corrected chi connectivity index (χ4v) is 1.37. The van der Waals surface area contributed by atoms with Crippen molar-refractivity contribution in [2.45, 2.75) is 12.8 Å². The van der Waals surface area contributed by atoms with E-state index in [4.69, 9.17) is 0 Å². The van der Waals surface area contributed by atoms with Crippen molar-refractivity contribution in [2.75, 3.05) is 25.9 Å². The highest BCUT2D eigenvalue weighted by Gasteiger charge is 2.08. The second-order valence-corrected chi connectivity index (χ2v) is 3.08. The van der Waals surface area contributed by atoms with Gasteiger partial charge in [-0.1, -0.05) is 17.7 Å². The molecule has 0 aliphatic carbocycles. The molecule has 1 nitrogen and oxygen atoms in total. The lowest BCUT2D eigenvalue weighted by molar-refractivity contribution is 0.383. The average Bonchev–Trinajstić information content (AvgIpc) is 2.41. The molecule has 0 saturated carbocycles. The van der Waals surface area contributed by atoms with Crippen LogP contribution in [0.5, 0.6) is 0 Å². The summed E-state index contributed by atoms with van der Waals surface area (Å²) in [6.45, 7) is 3.48. The molecule has 1 rings (SSSR count). The van der Waals surface area contributed by atoms with E-state index in [2.05, 4.69) is 16.1 Å². The minimum atomic E-state index is 0.973. The van der Waals surface area contributed by atoms with E-state index in [-0.39, 0.29) is 0 Å². The Morgan fingerprint density at radius 3 is 2.70 bits per heavy atom. The Morgan fingerprint density at radius 1 is 1.40 bits per heavy atom. The quantitative estimate of drug-likeness (QED) is 0.527. The average molecular weight is 155 g/mol. The lowest BCUT2D eigenvalue weighted by Gasteiger charge is -2.07. The summed E-state index contributed by atoms with van der Waals surface area (Å²) in [7, 11) is 0. The van der Waals surface area contributed by atoms with E-state index in [9.17, 15) is 0 Å². The summed E-state index contributed by atoms with van der Waals surface area (Å²) in [6, 6.07) is 0. The minimum Gasteiger partial charge on any atom is -0.292 e. The number of hydrogen-bond donors (Lipinski definition) is 0. The first kappa shape index (κ1) is 7.97. The molecule has 1 aliphatic rings. The molecule has 56 valence electrons. The summed E-state index contributed by atoms with van der Waals surface area (Å²) < 4.78 is 0. The molecule has 1 aliphatic heterocycles. The molecule has 0 aromatic carbocycles. The first-order valence-electron chi connectivity index (χ1n) is 3.66. The maximum Gasteiger partial charge on any atom is 0.0610 e. The van der Waals surface area contributed by atoms with Crippen molar-refractivity contribution in [3.63, 3.8) is 0 Å². The van der Waals surface area contributed by atoms with Gasteiger partial charge in [0.2, 0.25) is 0 Å². The summed E-state index contributed by atoms with van der Waals surface area (Å²) in [5.74, 6) is 3.12. The fourth-order valence-electron chi connectivity index (χ4n) is 1.16.